The zero-order valence-corrected chi connectivity index (χ0v) is 9.67. The van der Waals surface area contributed by atoms with E-state index < -0.39 is 0 Å². The summed E-state index contributed by atoms with van der Waals surface area (Å²) in [6, 6.07) is 0. The zero-order valence-electron chi connectivity index (χ0n) is 9.67. The molecule has 0 saturated heterocycles. The van der Waals surface area contributed by atoms with E-state index in [1.54, 1.807) is 13.8 Å². The maximum absolute atomic E-state index is 10.9. The first-order valence-electron chi connectivity index (χ1n) is 5.52. The van der Waals surface area contributed by atoms with E-state index in [4.69, 9.17) is 4.74 Å². The van der Waals surface area contributed by atoms with Gasteiger partial charge >= 0.3 is 5.97 Å². The van der Waals surface area contributed by atoms with E-state index in [9.17, 15) is 9.59 Å². The number of hydrogen-bond donors (Lipinski definition) is 1. The second-order valence-corrected chi connectivity index (χ2v) is 3.46. The molecule has 0 aliphatic heterocycles. The molecule has 0 bridgehead atoms. The smallest absolute Gasteiger partial charge is 0.307 e. The van der Waals surface area contributed by atoms with Crippen molar-refractivity contribution in [2.45, 2.75) is 39.5 Å². The van der Waals surface area contributed by atoms with Gasteiger partial charge in [-0.15, -0.1) is 0 Å². The first kappa shape index (κ1) is 14.1. The average Bonchev–Trinajstić information content (AvgIpc) is 2.16. The van der Waals surface area contributed by atoms with Crippen LogP contribution in [-0.2, 0) is 14.3 Å². The Morgan fingerprint density at radius 3 is 2.47 bits per heavy atom. The lowest BCUT2D eigenvalue weighted by Gasteiger charge is -2.03. The number of esters is 1. The molecule has 0 atom stereocenters. The Bertz CT molecular complexity index is 192. The molecule has 0 saturated carbocycles. The Labute approximate surface area is 91.4 Å². The van der Waals surface area contributed by atoms with Gasteiger partial charge in [-0.1, -0.05) is 0 Å². The number of Topliss-reactive ketones (excluding diaryl/α,β-unsaturated/α-hetero) is 1. The molecular weight excluding hydrogens is 194 g/mol. The molecule has 1 N–H and O–H groups in total. The van der Waals surface area contributed by atoms with Crippen LogP contribution >= 0.6 is 0 Å². The van der Waals surface area contributed by atoms with Crippen molar-refractivity contribution in [2.24, 2.45) is 0 Å². The Morgan fingerprint density at radius 1 is 1.13 bits per heavy atom. The van der Waals surface area contributed by atoms with E-state index in [-0.39, 0.29) is 11.8 Å². The molecule has 4 heteroatoms. The Kier molecular flexibility index (Phi) is 9.07. The van der Waals surface area contributed by atoms with Crippen molar-refractivity contribution >= 4 is 11.8 Å². The van der Waals surface area contributed by atoms with Crippen molar-refractivity contribution in [1.29, 1.82) is 0 Å². The van der Waals surface area contributed by atoms with Crippen LogP contribution in [0.1, 0.15) is 39.5 Å². The van der Waals surface area contributed by atoms with Crippen LogP contribution in [0, 0.1) is 0 Å². The fourth-order valence-electron chi connectivity index (χ4n) is 1.17. The Balaban J connectivity index is 3.11. The SMILES string of the molecule is CCOC(=O)CCNCCCCC(C)=O. The molecule has 0 rings (SSSR count). The fourth-order valence-corrected chi connectivity index (χ4v) is 1.17. The van der Waals surface area contributed by atoms with E-state index in [2.05, 4.69) is 5.32 Å². The minimum atomic E-state index is -0.159. The summed E-state index contributed by atoms with van der Waals surface area (Å²) in [4.78, 5) is 21.5. The van der Waals surface area contributed by atoms with Crippen molar-refractivity contribution < 1.29 is 14.3 Å². The van der Waals surface area contributed by atoms with E-state index in [1.807, 2.05) is 0 Å². The standard InChI is InChI=1S/C11H21NO3/c1-3-15-11(14)7-9-12-8-5-4-6-10(2)13/h12H,3-9H2,1-2H3. The van der Waals surface area contributed by atoms with Crippen LogP contribution in [0.4, 0.5) is 0 Å². The van der Waals surface area contributed by atoms with Crippen LogP contribution < -0.4 is 5.32 Å². The van der Waals surface area contributed by atoms with Gasteiger partial charge < -0.3 is 14.8 Å². The largest absolute Gasteiger partial charge is 0.466 e. The molecule has 0 heterocycles. The van der Waals surface area contributed by atoms with Crippen molar-refractivity contribution in [3.63, 3.8) is 0 Å². The number of carbonyl (C=O) groups excluding carboxylic acids is 2. The van der Waals surface area contributed by atoms with Crippen molar-refractivity contribution in [2.75, 3.05) is 19.7 Å². The average molecular weight is 215 g/mol. The van der Waals surface area contributed by atoms with Crippen molar-refractivity contribution in [3.05, 3.63) is 0 Å². The number of unbranched alkanes of at least 4 members (excludes halogenated alkanes) is 1. The van der Waals surface area contributed by atoms with Crippen LogP contribution in [0.3, 0.4) is 0 Å². The number of ketones is 1. The van der Waals surface area contributed by atoms with Gasteiger partial charge in [-0.25, -0.2) is 0 Å². The van der Waals surface area contributed by atoms with Gasteiger partial charge in [-0.3, -0.25) is 4.79 Å². The summed E-state index contributed by atoms with van der Waals surface area (Å²) in [7, 11) is 0. The Morgan fingerprint density at radius 2 is 1.87 bits per heavy atom. The summed E-state index contributed by atoms with van der Waals surface area (Å²) in [6.45, 7) is 5.35. The second kappa shape index (κ2) is 9.65. The van der Waals surface area contributed by atoms with Gasteiger partial charge in [0.1, 0.15) is 5.78 Å². The molecule has 0 aliphatic carbocycles. The molecule has 0 aromatic rings. The summed E-state index contributed by atoms with van der Waals surface area (Å²) >= 11 is 0. The highest BCUT2D eigenvalue weighted by atomic mass is 16.5. The van der Waals surface area contributed by atoms with Gasteiger partial charge in [-0.2, -0.15) is 0 Å². The quantitative estimate of drug-likeness (QED) is 0.465. The van der Waals surface area contributed by atoms with E-state index in [0.29, 0.717) is 26.0 Å². The summed E-state index contributed by atoms with van der Waals surface area (Å²) in [5, 5.41) is 3.14. The van der Waals surface area contributed by atoms with Gasteiger partial charge in [0.25, 0.3) is 0 Å². The minimum absolute atomic E-state index is 0.159. The van der Waals surface area contributed by atoms with Gasteiger partial charge in [0.05, 0.1) is 13.0 Å². The number of nitrogens with one attached hydrogen (secondary N) is 1. The molecule has 4 nitrogen and oxygen atoms in total. The number of ether oxygens (including phenoxy) is 1. The zero-order chi connectivity index (χ0) is 11.5. The van der Waals surface area contributed by atoms with Gasteiger partial charge in [0.2, 0.25) is 0 Å². The van der Waals surface area contributed by atoms with Crippen LogP contribution in [0.2, 0.25) is 0 Å². The highest BCUT2D eigenvalue weighted by Crippen LogP contribution is 1.94. The predicted octanol–water partition coefficient (Wildman–Crippen LogP) is 1.29. The predicted molar refractivity (Wildman–Crippen MR) is 58.7 cm³/mol. The number of hydrogen-bond acceptors (Lipinski definition) is 4. The molecule has 0 aliphatic rings. The van der Waals surface area contributed by atoms with Crippen LogP contribution in [-0.4, -0.2) is 31.4 Å². The first-order chi connectivity index (χ1) is 7.16. The van der Waals surface area contributed by atoms with E-state index >= 15 is 0 Å². The molecule has 0 fully saturated rings. The second-order valence-electron chi connectivity index (χ2n) is 3.46. The molecule has 0 spiro atoms. The summed E-state index contributed by atoms with van der Waals surface area (Å²) in [5.74, 6) is 0.0789. The van der Waals surface area contributed by atoms with Gasteiger partial charge in [-0.05, 0) is 33.2 Å². The lowest BCUT2D eigenvalue weighted by Crippen LogP contribution is -2.20. The van der Waals surface area contributed by atoms with Crippen LogP contribution in [0.25, 0.3) is 0 Å². The first-order valence-corrected chi connectivity index (χ1v) is 5.52. The lowest BCUT2D eigenvalue weighted by molar-refractivity contribution is -0.142. The maximum atomic E-state index is 10.9. The van der Waals surface area contributed by atoms with E-state index in [0.717, 1.165) is 19.4 Å². The van der Waals surface area contributed by atoms with Crippen LogP contribution in [0.5, 0.6) is 0 Å². The maximum Gasteiger partial charge on any atom is 0.307 e. The molecular formula is C11H21NO3. The normalized spacial score (nSPS) is 10.0. The molecule has 0 aromatic heterocycles. The van der Waals surface area contributed by atoms with Gasteiger partial charge in [0.15, 0.2) is 0 Å². The molecule has 0 amide bonds. The minimum Gasteiger partial charge on any atom is -0.466 e. The third-order valence-corrected chi connectivity index (χ3v) is 1.94. The molecule has 88 valence electrons. The number of carbonyl (C=O) groups is 2. The van der Waals surface area contributed by atoms with Gasteiger partial charge in [0, 0.05) is 13.0 Å². The molecule has 0 radical (unpaired) electrons. The molecule has 0 aromatic carbocycles. The summed E-state index contributed by atoms with van der Waals surface area (Å²) < 4.78 is 4.78. The van der Waals surface area contributed by atoms with E-state index in [1.165, 1.54) is 0 Å². The summed E-state index contributed by atoms with van der Waals surface area (Å²) in [6.07, 6.45) is 2.96. The molecule has 0 unspecified atom stereocenters. The van der Waals surface area contributed by atoms with Crippen molar-refractivity contribution in [1.82, 2.24) is 5.32 Å². The lowest BCUT2D eigenvalue weighted by atomic mass is 10.2. The summed E-state index contributed by atoms with van der Waals surface area (Å²) in [5.41, 5.74) is 0. The third-order valence-electron chi connectivity index (χ3n) is 1.94. The third kappa shape index (κ3) is 11.0. The number of rotatable bonds is 9. The monoisotopic (exact) mass is 215 g/mol. The highest BCUT2D eigenvalue weighted by Gasteiger charge is 1.99. The topological polar surface area (TPSA) is 55.4 Å². The Hall–Kier alpha value is -0.900. The fraction of sp³-hybridized carbons (Fsp3) is 0.818. The molecule has 15 heavy (non-hydrogen) atoms. The van der Waals surface area contributed by atoms with Crippen molar-refractivity contribution in [3.8, 4) is 0 Å². The highest BCUT2D eigenvalue weighted by molar-refractivity contribution is 5.75. The van der Waals surface area contributed by atoms with Crippen LogP contribution in [0.15, 0.2) is 0 Å².